The number of rotatable bonds is 1. The van der Waals surface area contributed by atoms with Crippen molar-refractivity contribution in [3.05, 3.63) is 47.6 Å². The van der Waals surface area contributed by atoms with Crippen LogP contribution in [0.15, 0.2) is 36.5 Å². The first-order chi connectivity index (χ1) is 6.42. The number of hydrogen-bond donors (Lipinski definition) is 0. The van der Waals surface area contributed by atoms with Crippen molar-refractivity contribution in [1.82, 2.24) is 4.98 Å². The molecule has 0 aliphatic rings. The molecule has 0 fully saturated rings. The Morgan fingerprint density at radius 1 is 1.23 bits per heavy atom. The zero-order valence-electron chi connectivity index (χ0n) is 6.88. The second kappa shape index (κ2) is 3.17. The molecule has 0 saturated carbocycles. The number of fused-ring (bicyclic) bond motifs is 1. The molecule has 2 aromatic rings. The zero-order chi connectivity index (χ0) is 9.10. The number of benzene rings is 1. The minimum absolute atomic E-state index is 0.869. The molecule has 0 bridgehead atoms. The van der Waals surface area contributed by atoms with Gasteiger partial charge in [0.05, 0.1) is 11.1 Å². The van der Waals surface area contributed by atoms with Gasteiger partial charge in [-0.2, -0.15) is 4.79 Å². The molecule has 1 heterocycles. The predicted molar refractivity (Wildman–Crippen MR) is 50.5 cm³/mol. The van der Waals surface area contributed by atoms with Gasteiger partial charge in [0.25, 0.3) is 6.21 Å². The van der Waals surface area contributed by atoms with Crippen LogP contribution in [0.3, 0.4) is 0 Å². The molecule has 1 aromatic heterocycles. The summed E-state index contributed by atoms with van der Waals surface area (Å²) in [4.78, 5) is 7.18. The fourth-order valence-electron chi connectivity index (χ4n) is 1.29. The van der Waals surface area contributed by atoms with Gasteiger partial charge in [-0.15, -0.1) is 0 Å². The van der Waals surface area contributed by atoms with E-state index < -0.39 is 0 Å². The Kier molecular flexibility index (Phi) is 1.87. The van der Waals surface area contributed by atoms with E-state index in [2.05, 4.69) is 9.77 Å². The van der Waals surface area contributed by atoms with E-state index in [1.165, 1.54) is 6.21 Å². The average Bonchev–Trinajstić information content (AvgIpc) is 2.19. The smallest absolute Gasteiger partial charge is 0.288 e. The second-order valence-electron chi connectivity index (χ2n) is 2.66. The summed E-state index contributed by atoms with van der Waals surface area (Å²) in [5.74, 6) is 0. The van der Waals surface area contributed by atoms with Gasteiger partial charge in [0.1, 0.15) is 0 Å². The first kappa shape index (κ1) is 7.65. The summed E-state index contributed by atoms with van der Waals surface area (Å²) in [6.07, 6.45) is 3.10. The van der Waals surface area contributed by atoms with Gasteiger partial charge < -0.3 is 5.53 Å². The van der Waals surface area contributed by atoms with Gasteiger partial charge in [-0.05, 0) is 12.1 Å². The lowest BCUT2D eigenvalue weighted by molar-refractivity contribution is 0.00466. The highest BCUT2D eigenvalue weighted by molar-refractivity contribution is 5.95. The maximum atomic E-state index is 8.43. The van der Waals surface area contributed by atoms with Crippen molar-refractivity contribution in [2.24, 2.45) is 0 Å². The zero-order valence-corrected chi connectivity index (χ0v) is 6.88. The Hall–Kier alpha value is -1.99. The van der Waals surface area contributed by atoms with E-state index in [-0.39, 0.29) is 0 Å². The summed E-state index contributed by atoms with van der Waals surface area (Å²) in [7, 11) is 0. The van der Waals surface area contributed by atoms with Crippen molar-refractivity contribution in [3.63, 3.8) is 0 Å². The molecule has 0 aliphatic heterocycles. The van der Waals surface area contributed by atoms with Crippen LogP contribution in [-0.2, 0) is 0 Å². The normalized spacial score (nSPS) is 9.54. The molecular formula is C10H7N3. The van der Waals surface area contributed by atoms with Crippen LogP contribution in [-0.4, -0.2) is 16.0 Å². The number of para-hydroxylation sites is 1. The van der Waals surface area contributed by atoms with Crippen molar-refractivity contribution in [1.29, 1.82) is 0 Å². The minimum atomic E-state index is 0.869. The molecule has 0 unspecified atom stereocenters. The van der Waals surface area contributed by atoms with Gasteiger partial charge in [-0.1, -0.05) is 18.2 Å². The first-order valence-corrected chi connectivity index (χ1v) is 3.93. The van der Waals surface area contributed by atoms with Crippen LogP contribution in [0.5, 0.6) is 0 Å². The second-order valence-corrected chi connectivity index (χ2v) is 2.66. The van der Waals surface area contributed by atoms with Crippen LogP contribution < -0.4 is 0 Å². The number of pyridine rings is 1. The number of nitrogens with zero attached hydrogens (tertiary/aromatic N) is 3. The van der Waals surface area contributed by atoms with Crippen molar-refractivity contribution < 1.29 is 4.79 Å². The van der Waals surface area contributed by atoms with Crippen LogP contribution >= 0.6 is 0 Å². The van der Waals surface area contributed by atoms with E-state index in [9.17, 15) is 0 Å². The Balaban J connectivity index is 2.82. The van der Waals surface area contributed by atoms with Crippen LogP contribution in [0, 0.1) is 0 Å². The summed E-state index contributed by atoms with van der Waals surface area (Å²) in [5, 5.41) is 0.989. The molecule has 0 spiro atoms. The number of aromatic nitrogens is 1. The SMILES string of the molecule is [N-]=[N+]=Cc1ccnc2ccccc12. The molecule has 0 N–H and O–H groups in total. The van der Waals surface area contributed by atoms with E-state index in [0.717, 1.165) is 16.5 Å². The van der Waals surface area contributed by atoms with E-state index >= 15 is 0 Å². The van der Waals surface area contributed by atoms with E-state index in [4.69, 9.17) is 5.53 Å². The van der Waals surface area contributed by atoms with Gasteiger partial charge in [0.2, 0.25) is 0 Å². The maximum absolute atomic E-state index is 8.43. The topological polar surface area (TPSA) is 49.3 Å². The van der Waals surface area contributed by atoms with Gasteiger partial charge in [-0.25, -0.2) is 0 Å². The lowest BCUT2D eigenvalue weighted by Crippen LogP contribution is -1.86. The quantitative estimate of drug-likeness (QED) is 0.365. The molecule has 1 aromatic carbocycles. The Morgan fingerprint density at radius 3 is 2.92 bits per heavy atom. The largest absolute Gasteiger partial charge is 0.361 e. The molecule has 62 valence electrons. The number of hydrogen-bond acceptors (Lipinski definition) is 1. The predicted octanol–water partition coefficient (Wildman–Crippen LogP) is 1.88. The van der Waals surface area contributed by atoms with Gasteiger partial charge in [0.15, 0.2) is 0 Å². The van der Waals surface area contributed by atoms with Gasteiger partial charge in [0, 0.05) is 11.6 Å². The average molecular weight is 169 g/mol. The van der Waals surface area contributed by atoms with E-state index in [1.54, 1.807) is 6.20 Å². The van der Waals surface area contributed by atoms with Crippen molar-refractivity contribution in [2.75, 3.05) is 0 Å². The molecule has 0 saturated heterocycles. The molecule has 2 rings (SSSR count). The molecule has 0 radical (unpaired) electrons. The molecular weight excluding hydrogens is 162 g/mol. The maximum Gasteiger partial charge on any atom is 0.288 e. The van der Waals surface area contributed by atoms with Crippen molar-refractivity contribution >= 4 is 17.1 Å². The Labute approximate surface area is 75.3 Å². The van der Waals surface area contributed by atoms with Crippen LogP contribution in [0.25, 0.3) is 16.4 Å². The van der Waals surface area contributed by atoms with Crippen LogP contribution in [0.2, 0.25) is 0 Å². The van der Waals surface area contributed by atoms with Crippen LogP contribution in [0.1, 0.15) is 5.56 Å². The van der Waals surface area contributed by atoms with E-state index in [1.807, 2.05) is 30.3 Å². The third kappa shape index (κ3) is 1.33. The fraction of sp³-hybridized carbons (Fsp3) is 0. The lowest BCUT2D eigenvalue weighted by Gasteiger charge is -1.95. The van der Waals surface area contributed by atoms with E-state index in [0.29, 0.717) is 0 Å². The molecule has 0 amide bonds. The summed E-state index contributed by atoms with van der Waals surface area (Å²) in [6.45, 7) is 0. The standard InChI is InChI=1S/C10H7N3/c11-13-7-8-5-6-12-10-4-2-1-3-9(8)10/h1-7H. The summed E-state index contributed by atoms with van der Waals surface area (Å²) < 4.78 is 0. The summed E-state index contributed by atoms with van der Waals surface area (Å²) in [5.41, 5.74) is 10.2. The highest BCUT2D eigenvalue weighted by atomic mass is 14.8. The summed E-state index contributed by atoms with van der Waals surface area (Å²) in [6, 6.07) is 9.53. The highest BCUT2D eigenvalue weighted by Gasteiger charge is 2.00. The molecule has 3 nitrogen and oxygen atoms in total. The van der Waals surface area contributed by atoms with Crippen LogP contribution in [0.4, 0.5) is 0 Å². The third-order valence-electron chi connectivity index (χ3n) is 1.88. The first-order valence-electron chi connectivity index (χ1n) is 3.93. The minimum Gasteiger partial charge on any atom is -0.361 e. The third-order valence-corrected chi connectivity index (χ3v) is 1.88. The van der Waals surface area contributed by atoms with Crippen molar-refractivity contribution in [2.45, 2.75) is 0 Å². The Morgan fingerprint density at radius 2 is 2.08 bits per heavy atom. The Bertz CT molecular complexity index is 479. The van der Waals surface area contributed by atoms with Gasteiger partial charge >= 0.3 is 0 Å². The molecule has 0 aliphatic carbocycles. The monoisotopic (exact) mass is 169 g/mol. The molecule has 0 atom stereocenters. The summed E-state index contributed by atoms with van der Waals surface area (Å²) >= 11 is 0. The highest BCUT2D eigenvalue weighted by Crippen LogP contribution is 2.13. The fourth-order valence-corrected chi connectivity index (χ4v) is 1.29. The van der Waals surface area contributed by atoms with Crippen molar-refractivity contribution in [3.8, 4) is 0 Å². The van der Waals surface area contributed by atoms with Gasteiger partial charge in [-0.3, -0.25) is 4.98 Å². The molecule has 13 heavy (non-hydrogen) atoms. The molecule has 3 heteroatoms. The lowest BCUT2D eigenvalue weighted by atomic mass is 10.1.